The molecule has 0 radical (unpaired) electrons. The van der Waals surface area contributed by atoms with Gasteiger partial charge in [-0.3, -0.25) is 0 Å². The first-order valence-corrected chi connectivity index (χ1v) is 8.89. The van der Waals surface area contributed by atoms with Crippen LogP contribution in [0.25, 0.3) is 0 Å². The number of hydrogen-bond acceptors (Lipinski definition) is 5. The molecule has 0 aliphatic carbocycles. The number of likely N-dealkylation sites (N-methyl/N-ethyl adjacent to an activating group) is 1. The lowest BCUT2D eigenvalue weighted by molar-refractivity contribution is 0.0661. The Labute approximate surface area is 133 Å². The number of carbonyl (C=O) groups is 1. The van der Waals surface area contributed by atoms with Crippen LogP contribution in [-0.2, 0) is 16.4 Å². The third-order valence-electron chi connectivity index (χ3n) is 3.44. The zero-order chi connectivity index (χ0) is 16.5. The van der Waals surface area contributed by atoms with Crippen LogP contribution < -0.4 is 0 Å². The van der Waals surface area contributed by atoms with E-state index in [-0.39, 0.29) is 22.5 Å². The first-order valence-electron chi connectivity index (χ1n) is 6.57. The molecule has 0 fully saturated rings. The standard InChI is InChI=1S/C14H17NO5S2/c1-9(7-11-5-4-6-21-11)15(3)22(18,19)13-8-12(14(16)17)20-10(13)2/h4-6,8-9H,7H2,1-3H3,(H,16,17)/t9-/m0/s1. The van der Waals surface area contributed by atoms with Crippen molar-refractivity contribution >= 4 is 27.3 Å². The van der Waals surface area contributed by atoms with E-state index in [4.69, 9.17) is 9.52 Å². The Balaban J connectivity index is 2.27. The molecule has 22 heavy (non-hydrogen) atoms. The molecule has 2 heterocycles. The molecule has 0 aromatic carbocycles. The summed E-state index contributed by atoms with van der Waals surface area (Å²) < 4.78 is 31.5. The number of aromatic carboxylic acids is 1. The van der Waals surface area contributed by atoms with Crippen LogP contribution in [0.4, 0.5) is 0 Å². The van der Waals surface area contributed by atoms with Crippen LogP contribution in [0.15, 0.2) is 32.9 Å². The van der Waals surface area contributed by atoms with E-state index in [1.807, 2.05) is 24.4 Å². The number of aryl methyl sites for hydroxylation is 1. The van der Waals surface area contributed by atoms with Gasteiger partial charge < -0.3 is 9.52 Å². The van der Waals surface area contributed by atoms with E-state index in [2.05, 4.69) is 0 Å². The van der Waals surface area contributed by atoms with E-state index in [9.17, 15) is 13.2 Å². The molecule has 0 saturated carbocycles. The SMILES string of the molecule is Cc1oc(C(=O)O)cc1S(=O)(=O)N(C)[C@@H](C)Cc1cccs1. The first kappa shape index (κ1) is 16.7. The molecule has 1 atom stereocenters. The Kier molecular flexibility index (Phi) is 4.74. The number of carboxylic acid groups (broad SMARTS) is 1. The lowest BCUT2D eigenvalue weighted by Crippen LogP contribution is -2.36. The molecule has 2 aromatic heterocycles. The van der Waals surface area contributed by atoms with E-state index in [0.29, 0.717) is 6.42 Å². The van der Waals surface area contributed by atoms with Gasteiger partial charge in [0, 0.05) is 24.0 Å². The normalized spacial score (nSPS) is 13.5. The smallest absolute Gasteiger partial charge is 0.371 e. The number of sulfonamides is 1. The molecule has 2 rings (SSSR count). The minimum atomic E-state index is -3.80. The van der Waals surface area contributed by atoms with Crippen molar-refractivity contribution in [3.05, 3.63) is 40.0 Å². The van der Waals surface area contributed by atoms with Crippen molar-refractivity contribution in [3.8, 4) is 0 Å². The average molecular weight is 343 g/mol. The van der Waals surface area contributed by atoms with E-state index >= 15 is 0 Å². The van der Waals surface area contributed by atoms with E-state index in [1.54, 1.807) is 11.3 Å². The Bertz CT molecular complexity index is 761. The molecule has 0 spiro atoms. The van der Waals surface area contributed by atoms with Gasteiger partial charge in [0.2, 0.25) is 15.8 Å². The predicted octanol–water partition coefficient (Wildman–Crippen LogP) is 2.60. The molecule has 0 aliphatic heterocycles. The maximum Gasteiger partial charge on any atom is 0.371 e. The number of furan rings is 1. The summed E-state index contributed by atoms with van der Waals surface area (Å²) >= 11 is 1.57. The molecule has 8 heteroatoms. The van der Waals surface area contributed by atoms with Crippen molar-refractivity contribution in [3.63, 3.8) is 0 Å². The number of hydrogen-bond donors (Lipinski definition) is 1. The van der Waals surface area contributed by atoms with Crippen molar-refractivity contribution in [2.75, 3.05) is 7.05 Å². The van der Waals surface area contributed by atoms with Crippen LogP contribution in [-0.4, -0.2) is 36.9 Å². The van der Waals surface area contributed by atoms with Crippen LogP contribution in [0.3, 0.4) is 0 Å². The van der Waals surface area contributed by atoms with Crippen molar-refractivity contribution in [1.82, 2.24) is 4.31 Å². The van der Waals surface area contributed by atoms with Crippen molar-refractivity contribution < 1.29 is 22.7 Å². The lowest BCUT2D eigenvalue weighted by Gasteiger charge is -2.23. The number of carboxylic acids is 1. The quantitative estimate of drug-likeness (QED) is 0.871. The minimum Gasteiger partial charge on any atom is -0.475 e. The summed E-state index contributed by atoms with van der Waals surface area (Å²) in [5.41, 5.74) is 0. The van der Waals surface area contributed by atoms with Gasteiger partial charge in [0.25, 0.3) is 0 Å². The van der Waals surface area contributed by atoms with E-state index < -0.39 is 16.0 Å². The van der Waals surface area contributed by atoms with Crippen LogP contribution >= 0.6 is 11.3 Å². The van der Waals surface area contributed by atoms with E-state index in [0.717, 1.165) is 10.9 Å². The maximum atomic E-state index is 12.6. The molecule has 0 amide bonds. The fraction of sp³-hybridized carbons (Fsp3) is 0.357. The molecular formula is C14H17NO5S2. The largest absolute Gasteiger partial charge is 0.475 e. The highest BCUT2D eigenvalue weighted by atomic mass is 32.2. The molecule has 120 valence electrons. The summed E-state index contributed by atoms with van der Waals surface area (Å²) in [4.78, 5) is 11.9. The Morgan fingerprint density at radius 3 is 2.68 bits per heavy atom. The number of nitrogens with zero attached hydrogens (tertiary/aromatic N) is 1. The summed E-state index contributed by atoms with van der Waals surface area (Å²) in [6.07, 6.45) is 0.593. The van der Waals surface area contributed by atoms with Crippen LogP contribution in [0.1, 0.15) is 28.1 Å². The van der Waals surface area contributed by atoms with Crippen molar-refractivity contribution in [2.45, 2.75) is 31.2 Å². The van der Waals surface area contributed by atoms with E-state index in [1.165, 1.54) is 18.3 Å². The molecule has 1 N–H and O–H groups in total. The molecule has 0 bridgehead atoms. The van der Waals surface area contributed by atoms with Gasteiger partial charge in [0.1, 0.15) is 10.7 Å². The van der Waals surface area contributed by atoms with Gasteiger partial charge in [-0.15, -0.1) is 11.3 Å². The Morgan fingerprint density at radius 2 is 2.18 bits per heavy atom. The summed E-state index contributed by atoms with van der Waals surface area (Å²) in [5, 5.41) is 10.8. The predicted molar refractivity (Wildman–Crippen MR) is 82.8 cm³/mol. The average Bonchev–Trinajstić information content (AvgIpc) is 3.07. The lowest BCUT2D eigenvalue weighted by atomic mass is 10.2. The van der Waals surface area contributed by atoms with Gasteiger partial charge >= 0.3 is 5.97 Å². The highest BCUT2D eigenvalue weighted by Crippen LogP contribution is 2.25. The minimum absolute atomic E-state index is 0.0765. The highest BCUT2D eigenvalue weighted by molar-refractivity contribution is 7.89. The first-order chi connectivity index (χ1) is 10.2. The molecule has 0 aliphatic rings. The second kappa shape index (κ2) is 6.23. The summed E-state index contributed by atoms with van der Waals surface area (Å²) in [6.45, 7) is 3.25. The second-order valence-electron chi connectivity index (χ2n) is 4.99. The van der Waals surface area contributed by atoms with Crippen LogP contribution in [0, 0.1) is 6.92 Å². The fourth-order valence-electron chi connectivity index (χ4n) is 2.07. The third kappa shape index (κ3) is 3.23. The topological polar surface area (TPSA) is 87.8 Å². The molecule has 0 unspecified atom stereocenters. The number of thiophene rings is 1. The Hall–Kier alpha value is -1.64. The zero-order valence-electron chi connectivity index (χ0n) is 12.4. The van der Waals surface area contributed by atoms with Crippen LogP contribution in [0.5, 0.6) is 0 Å². The van der Waals surface area contributed by atoms with Crippen molar-refractivity contribution in [2.24, 2.45) is 0 Å². The highest BCUT2D eigenvalue weighted by Gasteiger charge is 2.30. The van der Waals surface area contributed by atoms with Gasteiger partial charge in [-0.1, -0.05) is 6.07 Å². The molecular weight excluding hydrogens is 326 g/mol. The molecule has 2 aromatic rings. The fourth-order valence-corrected chi connectivity index (χ4v) is 4.41. The maximum absolute atomic E-state index is 12.6. The summed E-state index contributed by atoms with van der Waals surface area (Å²) in [7, 11) is -2.32. The third-order valence-corrected chi connectivity index (χ3v) is 6.42. The second-order valence-corrected chi connectivity index (χ2v) is 7.99. The molecule has 6 nitrogen and oxygen atoms in total. The van der Waals surface area contributed by atoms with Gasteiger partial charge in [-0.25, -0.2) is 13.2 Å². The monoisotopic (exact) mass is 343 g/mol. The Morgan fingerprint density at radius 1 is 1.50 bits per heavy atom. The van der Waals surface area contributed by atoms with Crippen LogP contribution in [0.2, 0.25) is 0 Å². The van der Waals surface area contributed by atoms with Gasteiger partial charge in [0.05, 0.1) is 0 Å². The zero-order valence-corrected chi connectivity index (χ0v) is 14.1. The summed E-state index contributed by atoms with van der Waals surface area (Å²) in [6, 6.07) is 4.67. The molecule has 0 saturated heterocycles. The summed E-state index contributed by atoms with van der Waals surface area (Å²) in [5.74, 6) is -1.60. The van der Waals surface area contributed by atoms with Gasteiger partial charge in [0.15, 0.2) is 0 Å². The van der Waals surface area contributed by atoms with Gasteiger partial charge in [-0.2, -0.15) is 4.31 Å². The van der Waals surface area contributed by atoms with Crippen molar-refractivity contribution in [1.29, 1.82) is 0 Å². The number of rotatable bonds is 6. The van der Waals surface area contributed by atoms with Gasteiger partial charge in [-0.05, 0) is 31.7 Å².